The van der Waals surface area contributed by atoms with E-state index in [4.69, 9.17) is 10.9 Å². The summed E-state index contributed by atoms with van der Waals surface area (Å²) in [6.07, 6.45) is 4.21. The Labute approximate surface area is 123 Å². The lowest BCUT2D eigenvalue weighted by Crippen LogP contribution is -2.16. The number of nitrogens with one attached hydrogen (secondary N) is 1. The predicted molar refractivity (Wildman–Crippen MR) is 80.1 cm³/mol. The number of sulfonamides is 1. The fourth-order valence-electron chi connectivity index (χ4n) is 2.00. The Morgan fingerprint density at radius 1 is 1.38 bits per heavy atom. The Hall–Kier alpha value is -2.13. The Morgan fingerprint density at radius 3 is 2.76 bits per heavy atom. The van der Waals surface area contributed by atoms with E-state index >= 15 is 0 Å². The SMILES string of the molecule is Cc1c(NCCCn2ccnn2)cc(N)cc1S(N)(=O)=O. The third kappa shape index (κ3) is 3.92. The molecule has 0 aliphatic heterocycles. The van der Waals surface area contributed by atoms with Crippen molar-refractivity contribution >= 4 is 21.4 Å². The van der Waals surface area contributed by atoms with Gasteiger partial charge in [-0.2, -0.15) is 0 Å². The number of nitrogens with zero attached hydrogens (tertiary/aromatic N) is 3. The van der Waals surface area contributed by atoms with Crippen LogP contribution in [0.15, 0.2) is 29.4 Å². The van der Waals surface area contributed by atoms with Crippen molar-refractivity contribution in [3.8, 4) is 0 Å². The number of hydrogen-bond donors (Lipinski definition) is 3. The zero-order chi connectivity index (χ0) is 15.5. The summed E-state index contributed by atoms with van der Waals surface area (Å²) in [6, 6.07) is 3.06. The van der Waals surface area contributed by atoms with Crippen LogP contribution in [0.4, 0.5) is 11.4 Å². The maximum Gasteiger partial charge on any atom is 0.238 e. The summed E-state index contributed by atoms with van der Waals surface area (Å²) in [5.41, 5.74) is 7.30. The van der Waals surface area contributed by atoms with Crippen LogP contribution in [0.5, 0.6) is 0 Å². The molecule has 0 radical (unpaired) electrons. The van der Waals surface area contributed by atoms with E-state index in [0.717, 1.165) is 13.0 Å². The number of primary sulfonamides is 1. The van der Waals surface area contributed by atoms with Crippen molar-refractivity contribution in [1.82, 2.24) is 15.0 Å². The molecule has 0 amide bonds. The van der Waals surface area contributed by atoms with E-state index in [1.54, 1.807) is 30.1 Å². The van der Waals surface area contributed by atoms with E-state index < -0.39 is 10.0 Å². The lowest BCUT2D eigenvalue weighted by Gasteiger charge is -2.13. The highest BCUT2D eigenvalue weighted by atomic mass is 32.2. The van der Waals surface area contributed by atoms with Crippen LogP contribution < -0.4 is 16.2 Å². The quantitative estimate of drug-likeness (QED) is 0.520. The minimum absolute atomic E-state index is 0.0428. The number of hydrogen-bond acceptors (Lipinski definition) is 6. The molecular weight excluding hydrogens is 292 g/mol. The third-order valence-corrected chi connectivity index (χ3v) is 4.08. The molecular formula is C12H18N6O2S. The molecule has 0 atom stereocenters. The van der Waals surface area contributed by atoms with E-state index in [1.807, 2.05) is 0 Å². The van der Waals surface area contributed by atoms with Crippen molar-refractivity contribution in [2.45, 2.75) is 24.8 Å². The van der Waals surface area contributed by atoms with Crippen LogP contribution in [-0.2, 0) is 16.6 Å². The van der Waals surface area contributed by atoms with Crippen LogP contribution in [0, 0.1) is 6.92 Å². The van der Waals surface area contributed by atoms with E-state index in [0.29, 0.717) is 23.5 Å². The van der Waals surface area contributed by atoms with Gasteiger partial charge >= 0.3 is 0 Å². The smallest absolute Gasteiger partial charge is 0.238 e. The molecule has 8 nitrogen and oxygen atoms in total. The van der Waals surface area contributed by atoms with Gasteiger partial charge in [0, 0.05) is 30.7 Å². The molecule has 2 aromatic rings. The highest BCUT2D eigenvalue weighted by Gasteiger charge is 2.15. The molecule has 5 N–H and O–H groups in total. The van der Waals surface area contributed by atoms with Gasteiger partial charge in [-0.15, -0.1) is 5.10 Å². The molecule has 0 saturated carbocycles. The predicted octanol–water partition coefficient (Wildman–Crippen LogP) is 0.318. The highest BCUT2D eigenvalue weighted by Crippen LogP contribution is 2.25. The van der Waals surface area contributed by atoms with Crippen LogP contribution in [0.1, 0.15) is 12.0 Å². The lowest BCUT2D eigenvalue weighted by molar-refractivity contribution is 0.569. The molecule has 1 aromatic carbocycles. The van der Waals surface area contributed by atoms with Gasteiger partial charge in [0.25, 0.3) is 0 Å². The molecule has 0 fully saturated rings. The number of benzene rings is 1. The molecule has 0 aliphatic rings. The molecule has 2 rings (SSSR count). The minimum Gasteiger partial charge on any atom is -0.399 e. The Balaban J connectivity index is 2.04. The zero-order valence-corrected chi connectivity index (χ0v) is 12.5. The van der Waals surface area contributed by atoms with Crippen molar-refractivity contribution in [2.24, 2.45) is 5.14 Å². The van der Waals surface area contributed by atoms with Crippen molar-refractivity contribution in [3.05, 3.63) is 30.1 Å². The molecule has 0 unspecified atom stereocenters. The van der Waals surface area contributed by atoms with Crippen molar-refractivity contribution < 1.29 is 8.42 Å². The largest absolute Gasteiger partial charge is 0.399 e. The monoisotopic (exact) mass is 310 g/mol. The van der Waals surface area contributed by atoms with Crippen LogP contribution in [0.2, 0.25) is 0 Å². The number of aromatic nitrogens is 3. The third-order valence-electron chi connectivity index (χ3n) is 3.04. The molecule has 0 aliphatic carbocycles. The first-order chi connectivity index (χ1) is 9.88. The number of nitrogens with two attached hydrogens (primary N) is 2. The summed E-state index contributed by atoms with van der Waals surface area (Å²) < 4.78 is 24.8. The molecule has 0 spiro atoms. The number of rotatable bonds is 6. The molecule has 21 heavy (non-hydrogen) atoms. The first-order valence-electron chi connectivity index (χ1n) is 6.39. The van der Waals surface area contributed by atoms with Crippen LogP contribution in [-0.4, -0.2) is 30.0 Å². The normalized spacial score (nSPS) is 11.5. The topological polar surface area (TPSA) is 129 Å². The van der Waals surface area contributed by atoms with Gasteiger partial charge in [0.05, 0.1) is 11.1 Å². The summed E-state index contributed by atoms with van der Waals surface area (Å²) in [5.74, 6) is 0. The molecule has 0 saturated heterocycles. The van der Waals surface area contributed by atoms with Gasteiger partial charge in [-0.25, -0.2) is 13.6 Å². The van der Waals surface area contributed by atoms with Gasteiger partial charge in [-0.1, -0.05) is 5.21 Å². The Kier molecular flexibility index (Phi) is 4.43. The second-order valence-corrected chi connectivity index (χ2v) is 6.21. The molecule has 9 heteroatoms. The first-order valence-corrected chi connectivity index (χ1v) is 7.93. The standard InChI is InChI=1S/C12H18N6O2S/c1-9-11(7-10(13)8-12(9)21(14,19)20)15-3-2-5-18-6-4-16-17-18/h4,6-8,15H,2-3,5,13H2,1H3,(H2,14,19,20). The Morgan fingerprint density at radius 2 is 2.14 bits per heavy atom. The summed E-state index contributed by atoms with van der Waals surface area (Å²) >= 11 is 0. The van der Waals surface area contributed by atoms with E-state index in [-0.39, 0.29) is 4.90 Å². The number of aryl methyl sites for hydroxylation is 1. The van der Waals surface area contributed by atoms with Gasteiger partial charge in [0.1, 0.15) is 0 Å². The van der Waals surface area contributed by atoms with Gasteiger partial charge in [-0.05, 0) is 31.0 Å². The van der Waals surface area contributed by atoms with E-state index in [1.165, 1.54) is 6.07 Å². The van der Waals surface area contributed by atoms with E-state index in [2.05, 4.69) is 15.6 Å². The van der Waals surface area contributed by atoms with Crippen molar-refractivity contribution in [2.75, 3.05) is 17.6 Å². The molecule has 1 aromatic heterocycles. The molecule has 1 heterocycles. The van der Waals surface area contributed by atoms with Crippen molar-refractivity contribution in [1.29, 1.82) is 0 Å². The second kappa shape index (κ2) is 6.10. The second-order valence-electron chi connectivity index (χ2n) is 4.68. The maximum atomic E-state index is 11.5. The number of nitrogen functional groups attached to an aromatic ring is 1. The summed E-state index contributed by atoms with van der Waals surface area (Å²) in [5, 5.41) is 15.9. The average molecular weight is 310 g/mol. The average Bonchev–Trinajstić information content (AvgIpc) is 2.90. The fraction of sp³-hybridized carbons (Fsp3) is 0.333. The van der Waals surface area contributed by atoms with Crippen molar-refractivity contribution in [3.63, 3.8) is 0 Å². The summed E-state index contributed by atoms with van der Waals surface area (Å²) in [6.45, 7) is 3.06. The molecule has 0 bridgehead atoms. The van der Waals surface area contributed by atoms with Crippen LogP contribution in [0.25, 0.3) is 0 Å². The summed E-state index contributed by atoms with van der Waals surface area (Å²) in [4.78, 5) is 0.0428. The van der Waals surface area contributed by atoms with Crippen LogP contribution in [0.3, 0.4) is 0 Å². The molecule has 114 valence electrons. The van der Waals surface area contributed by atoms with Gasteiger partial charge in [-0.3, -0.25) is 4.68 Å². The van der Waals surface area contributed by atoms with Gasteiger partial charge in [0.15, 0.2) is 0 Å². The van der Waals surface area contributed by atoms with Crippen LogP contribution >= 0.6 is 0 Å². The van der Waals surface area contributed by atoms with Gasteiger partial charge in [0.2, 0.25) is 10.0 Å². The minimum atomic E-state index is -3.79. The van der Waals surface area contributed by atoms with Gasteiger partial charge < -0.3 is 11.1 Å². The van der Waals surface area contributed by atoms with E-state index in [9.17, 15) is 8.42 Å². The summed E-state index contributed by atoms with van der Waals surface area (Å²) in [7, 11) is -3.79. The fourth-order valence-corrected chi connectivity index (χ4v) is 2.84. The maximum absolute atomic E-state index is 11.5. The lowest BCUT2D eigenvalue weighted by atomic mass is 10.1. The first kappa shape index (κ1) is 15.3. The highest BCUT2D eigenvalue weighted by molar-refractivity contribution is 7.89. The zero-order valence-electron chi connectivity index (χ0n) is 11.7. The Bertz CT molecular complexity index is 712. The number of anilines is 2.